The quantitative estimate of drug-likeness (QED) is 0.263. The molecule has 40 heavy (non-hydrogen) atoms. The lowest BCUT2D eigenvalue weighted by Gasteiger charge is -2.38. The summed E-state index contributed by atoms with van der Waals surface area (Å²) in [6.45, 7) is 0. The minimum absolute atomic E-state index is 0.210. The van der Waals surface area contributed by atoms with Gasteiger partial charge >= 0.3 is 0 Å². The number of nitrogens with two attached hydrogens (primary N) is 1. The second-order valence-electron chi connectivity index (χ2n) is 10.8. The van der Waals surface area contributed by atoms with E-state index in [-0.39, 0.29) is 5.54 Å². The van der Waals surface area contributed by atoms with Gasteiger partial charge in [-0.25, -0.2) is 17.9 Å². The lowest BCUT2D eigenvalue weighted by molar-refractivity contribution is 0.253. The van der Waals surface area contributed by atoms with Crippen molar-refractivity contribution in [2.75, 3.05) is 6.26 Å². The van der Waals surface area contributed by atoms with Crippen LogP contribution in [0.15, 0.2) is 108 Å². The molecule has 4 aromatic carbocycles. The highest BCUT2D eigenvalue weighted by atomic mass is 32.2. The topological polar surface area (TPSA) is 90.3 Å². The predicted molar refractivity (Wildman–Crippen MR) is 160 cm³/mol. The van der Waals surface area contributed by atoms with E-state index in [1.165, 1.54) is 18.2 Å². The third-order valence-electron chi connectivity index (χ3n) is 8.05. The van der Waals surface area contributed by atoms with Gasteiger partial charge in [0.1, 0.15) is 0 Å². The molecule has 2 N–H and O–H groups in total. The first kappa shape index (κ1) is 24.7. The molecular formula is C33H28N4O2S. The Balaban J connectivity index is 1.38. The van der Waals surface area contributed by atoms with Crippen molar-refractivity contribution in [3.63, 3.8) is 0 Å². The number of aromatic nitrogens is 3. The first-order valence-corrected chi connectivity index (χ1v) is 15.3. The Morgan fingerprint density at radius 2 is 1.50 bits per heavy atom. The third-order valence-corrected chi connectivity index (χ3v) is 9.16. The summed E-state index contributed by atoms with van der Waals surface area (Å²) >= 11 is 0. The van der Waals surface area contributed by atoms with Crippen molar-refractivity contribution in [1.29, 1.82) is 0 Å². The predicted octanol–water partition coefficient (Wildman–Crippen LogP) is 6.62. The van der Waals surface area contributed by atoms with Crippen molar-refractivity contribution in [2.24, 2.45) is 5.73 Å². The van der Waals surface area contributed by atoms with E-state index < -0.39 is 9.84 Å². The maximum absolute atomic E-state index is 12.1. The van der Waals surface area contributed by atoms with Gasteiger partial charge in [-0.3, -0.25) is 0 Å². The molecule has 0 atom stereocenters. The molecule has 198 valence electrons. The van der Waals surface area contributed by atoms with E-state index in [9.17, 15) is 8.42 Å². The van der Waals surface area contributed by atoms with Gasteiger partial charge in [-0.1, -0.05) is 72.8 Å². The van der Waals surface area contributed by atoms with Crippen LogP contribution in [0.5, 0.6) is 0 Å². The first-order chi connectivity index (χ1) is 19.3. The number of nitrogens with zero attached hydrogens (tertiary/aromatic N) is 3. The fraction of sp³-hybridized carbons (Fsp3) is 0.152. The molecule has 7 rings (SSSR count). The summed E-state index contributed by atoms with van der Waals surface area (Å²) in [7, 11) is -3.30. The molecule has 0 amide bonds. The standard InChI is InChI=1S/C33H28N4O2S/c1-40(38,39)27-10-5-9-24(19-27)25-13-16-28-30(20-25)36-37-21-29(22-7-3-2-4-8-22)31(35-32(28)37)23-11-14-26(15-12-23)33(34)17-6-18-33/h2-5,7-16,19-21H,6,17-18,34H2,1H3. The van der Waals surface area contributed by atoms with Crippen molar-refractivity contribution in [1.82, 2.24) is 14.6 Å². The number of hydrogen-bond donors (Lipinski definition) is 1. The zero-order chi connectivity index (χ0) is 27.5. The minimum Gasteiger partial charge on any atom is -0.321 e. The van der Waals surface area contributed by atoms with Crippen LogP contribution in [-0.4, -0.2) is 29.3 Å². The Morgan fingerprint density at radius 1 is 0.800 bits per heavy atom. The highest BCUT2D eigenvalue weighted by Gasteiger charge is 2.34. The number of benzene rings is 4. The van der Waals surface area contributed by atoms with Gasteiger partial charge in [0.15, 0.2) is 15.5 Å². The summed E-state index contributed by atoms with van der Waals surface area (Å²) in [5.74, 6) is 0. The lowest BCUT2D eigenvalue weighted by Crippen LogP contribution is -2.43. The molecular weight excluding hydrogens is 516 g/mol. The van der Waals surface area contributed by atoms with E-state index in [2.05, 4.69) is 36.4 Å². The van der Waals surface area contributed by atoms with Crippen LogP contribution in [0.4, 0.5) is 0 Å². The summed E-state index contributed by atoms with van der Waals surface area (Å²) in [6.07, 6.45) is 6.48. The molecule has 6 aromatic rings. The molecule has 0 saturated heterocycles. The SMILES string of the molecule is CS(=O)(=O)c1cccc(-c2ccc3c(c2)nn2cc(-c4ccccc4)c(-c4ccc(C5(N)CCC5)cc4)nc32)c1. The molecule has 6 nitrogen and oxygen atoms in total. The van der Waals surface area contributed by atoms with Gasteiger partial charge in [0.05, 0.1) is 16.1 Å². The highest BCUT2D eigenvalue weighted by Crippen LogP contribution is 2.40. The number of hydrogen-bond acceptors (Lipinski definition) is 5. The largest absolute Gasteiger partial charge is 0.321 e. The molecule has 0 bridgehead atoms. The molecule has 1 saturated carbocycles. The second kappa shape index (κ2) is 9.11. The molecule has 2 heterocycles. The molecule has 0 unspecified atom stereocenters. The van der Waals surface area contributed by atoms with Crippen LogP contribution in [-0.2, 0) is 15.4 Å². The van der Waals surface area contributed by atoms with Gasteiger partial charge in [-0.15, -0.1) is 0 Å². The van der Waals surface area contributed by atoms with Crippen molar-refractivity contribution < 1.29 is 8.42 Å². The van der Waals surface area contributed by atoms with Crippen molar-refractivity contribution >= 4 is 26.4 Å². The van der Waals surface area contributed by atoms with Gasteiger partial charge in [0, 0.05) is 34.5 Å². The van der Waals surface area contributed by atoms with Crippen LogP contribution in [0.1, 0.15) is 24.8 Å². The summed E-state index contributed by atoms with van der Waals surface area (Å²) in [5.41, 5.74) is 14.8. The van der Waals surface area contributed by atoms with Crippen LogP contribution in [0.3, 0.4) is 0 Å². The molecule has 1 fully saturated rings. The van der Waals surface area contributed by atoms with Crippen LogP contribution >= 0.6 is 0 Å². The number of rotatable bonds is 5. The summed E-state index contributed by atoms with van der Waals surface area (Å²) in [4.78, 5) is 5.47. The molecule has 1 aliphatic rings. The second-order valence-corrected chi connectivity index (χ2v) is 12.8. The van der Waals surface area contributed by atoms with E-state index in [1.54, 1.807) is 18.2 Å². The number of fused-ring (bicyclic) bond motifs is 3. The van der Waals surface area contributed by atoms with Crippen molar-refractivity contribution in [3.8, 4) is 33.5 Å². The lowest BCUT2D eigenvalue weighted by atomic mass is 9.72. The van der Waals surface area contributed by atoms with E-state index in [0.29, 0.717) is 4.90 Å². The zero-order valence-corrected chi connectivity index (χ0v) is 22.9. The van der Waals surface area contributed by atoms with E-state index >= 15 is 0 Å². The summed E-state index contributed by atoms with van der Waals surface area (Å²) < 4.78 is 26.0. The average Bonchev–Trinajstić information content (AvgIpc) is 3.32. The molecule has 0 aliphatic heterocycles. The van der Waals surface area contributed by atoms with Crippen molar-refractivity contribution in [3.05, 3.63) is 109 Å². The third kappa shape index (κ3) is 4.18. The van der Waals surface area contributed by atoms with E-state index in [4.69, 9.17) is 15.8 Å². The number of sulfone groups is 1. The highest BCUT2D eigenvalue weighted by molar-refractivity contribution is 7.90. The van der Waals surface area contributed by atoms with Crippen LogP contribution in [0.2, 0.25) is 0 Å². The van der Waals surface area contributed by atoms with Crippen LogP contribution in [0.25, 0.3) is 50.1 Å². The van der Waals surface area contributed by atoms with Gasteiger partial charge in [0.2, 0.25) is 0 Å². The smallest absolute Gasteiger partial charge is 0.175 e. The Hall–Kier alpha value is -4.33. The normalized spacial score (nSPS) is 14.8. The minimum atomic E-state index is -3.30. The fourth-order valence-corrected chi connectivity index (χ4v) is 6.25. The summed E-state index contributed by atoms with van der Waals surface area (Å²) in [6, 6.07) is 31.7. The fourth-order valence-electron chi connectivity index (χ4n) is 5.58. The Labute approximate surface area is 233 Å². The average molecular weight is 545 g/mol. The van der Waals surface area contributed by atoms with Crippen molar-refractivity contribution in [2.45, 2.75) is 29.7 Å². The van der Waals surface area contributed by atoms with Gasteiger partial charge < -0.3 is 5.73 Å². The molecule has 7 heteroatoms. The monoisotopic (exact) mass is 544 g/mol. The Morgan fingerprint density at radius 3 is 2.20 bits per heavy atom. The zero-order valence-electron chi connectivity index (χ0n) is 22.1. The molecule has 1 aliphatic carbocycles. The Kier molecular flexibility index (Phi) is 5.63. The summed E-state index contributed by atoms with van der Waals surface area (Å²) in [5, 5.41) is 5.80. The van der Waals surface area contributed by atoms with Gasteiger partial charge in [-0.05, 0) is 65.8 Å². The van der Waals surface area contributed by atoms with Gasteiger partial charge in [-0.2, -0.15) is 5.10 Å². The first-order valence-electron chi connectivity index (χ1n) is 13.4. The van der Waals surface area contributed by atoms with E-state index in [1.807, 2.05) is 53.2 Å². The van der Waals surface area contributed by atoms with E-state index in [0.717, 1.165) is 62.9 Å². The molecule has 0 radical (unpaired) electrons. The van der Waals surface area contributed by atoms with Crippen LogP contribution in [0, 0.1) is 0 Å². The molecule has 0 spiro atoms. The van der Waals surface area contributed by atoms with Gasteiger partial charge in [0.25, 0.3) is 0 Å². The maximum Gasteiger partial charge on any atom is 0.175 e. The molecule has 2 aromatic heterocycles. The maximum atomic E-state index is 12.1. The Bertz CT molecular complexity index is 2010. The van der Waals surface area contributed by atoms with Crippen LogP contribution < -0.4 is 5.73 Å².